The van der Waals surface area contributed by atoms with Crippen LogP contribution in [0.2, 0.25) is 0 Å². The Hall–Kier alpha value is -3.86. The number of nitrogens with one attached hydrogen (secondary N) is 1. The zero-order chi connectivity index (χ0) is 26.8. The van der Waals surface area contributed by atoms with Gasteiger partial charge in [0.15, 0.2) is 0 Å². The van der Waals surface area contributed by atoms with Crippen molar-refractivity contribution < 1.29 is 27.8 Å². The van der Waals surface area contributed by atoms with E-state index < -0.39 is 29.7 Å². The molecule has 5 rings (SSSR count). The van der Waals surface area contributed by atoms with Gasteiger partial charge in [-0.25, -0.2) is 18.6 Å². The summed E-state index contributed by atoms with van der Waals surface area (Å²) in [5.41, 5.74) is 2.29. The molecule has 9 nitrogen and oxygen atoms in total. The van der Waals surface area contributed by atoms with Crippen molar-refractivity contribution in [3.63, 3.8) is 0 Å². The van der Waals surface area contributed by atoms with Crippen molar-refractivity contribution in [1.29, 1.82) is 0 Å². The number of nitrogens with zero attached hydrogens (tertiary/aromatic N) is 4. The summed E-state index contributed by atoms with van der Waals surface area (Å²) in [6, 6.07) is 5.45. The number of hydrogen-bond donors (Lipinski definition) is 1. The molecule has 0 spiro atoms. The highest BCUT2D eigenvalue weighted by atomic mass is 19.1. The lowest BCUT2D eigenvalue weighted by molar-refractivity contribution is -0.145. The number of carbonyl (C=O) groups excluding carboxylic acids is 2. The van der Waals surface area contributed by atoms with E-state index >= 15 is 0 Å². The molecule has 2 aromatic carbocycles. The van der Waals surface area contributed by atoms with Gasteiger partial charge in [0.25, 0.3) is 5.91 Å². The third-order valence-electron chi connectivity index (χ3n) is 6.95. The normalized spacial score (nSPS) is 18.5. The van der Waals surface area contributed by atoms with E-state index in [1.807, 2.05) is 6.92 Å². The lowest BCUT2D eigenvalue weighted by atomic mass is 10.0. The first-order valence-corrected chi connectivity index (χ1v) is 12.6. The molecule has 2 aliphatic rings. The fraction of sp³-hybridized carbons (Fsp3) is 0.407. The standard InChI is InChI=1S/C27H29F2N5O4/c1-16(31-20-13-18(28)12-19(29)14-20)21-10-17(26(35)34-5-3-4-23(34)27(36)37-2)11-22-25(21)32-24(15-30-22)33-6-8-38-9-7-33/h10-16,23,31H,3-9H2,1-2H3/t16?,23-/m1/s1. The van der Waals surface area contributed by atoms with Gasteiger partial charge in [-0.1, -0.05) is 0 Å². The molecular formula is C27H29F2N5O4. The minimum atomic E-state index is -0.703. The molecule has 2 aliphatic heterocycles. The number of morpholine rings is 1. The lowest BCUT2D eigenvalue weighted by Gasteiger charge is -2.28. The summed E-state index contributed by atoms with van der Waals surface area (Å²) < 4.78 is 38.1. The highest BCUT2D eigenvalue weighted by Crippen LogP contribution is 2.30. The van der Waals surface area contributed by atoms with Crippen molar-refractivity contribution in [3.05, 3.63) is 59.3 Å². The summed E-state index contributed by atoms with van der Waals surface area (Å²) in [5.74, 6) is -1.49. The van der Waals surface area contributed by atoms with Crippen LogP contribution in [0.5, 0.6) is 0 Å². The molecule has 1 unspecified atom stereocenters. The second kappa shape index (κ2) is 10.9. The molecule has 1 aromatic heterocycles. The van der Waals surface area contributed by atoms with Crippen LogP contribution in [0, 0.1) is 11.6 Å². The Morgan fingerprint density at radius 3 is 2.55 bits per heavy atom. The molecular weight excluding hydrogens is 496 g/mol. The predicted octanol–water partition coefficient (Wildman–Crippen LogP) is 3.70. The molecule has 3 aromatic rings. The van der Waals surface area contributed by atoms with E-state index in [1.165, 1.54) is 24.1 Å². The molecule has 1 amide bonds. The van der Waals surface area contributed by atoms with Gasteiger partial charge in [-0.05, 0) is 44.0 Å². The third kappa shape index (κ3) is 5.24. The first kappa shape index (κ1) is 25.8. The largest absolute Gasteiger partial charge is 0.467 e. The van der Waals surface area contributed by atoms with Crippen molar-refractivity contribution >= 4 is 34.4 Å². The van der Waals surface area contributed by atoms with Crippen LogP contribution >= 0.6 is 0 Å². The number of aromatic nitrogens is 2. The van der Waals surface area contributed by atoms with Crippen LogP contribution in [0.15, 0.2) is 36.5 Å². The second-order valence-electron chi connectivity index (χ2n) is 9.46. The monoisotopic (exact) mass is 525 g/mol. The van der Waals surface area contributed by atoms with Crippen LogP contribution < -0.4 is 10.2 Å². The van der Waals surface area contributed by atoms with E-state index in [4.69, 9.17) is 14.5 Å². The van der Waals surface area contributed by atoms with E-state index in [1.54, 1.807) is 18.3 Å². The van der Waals surface area contributed by atoms with Crippen molar-refractivity contribution in [2.45, 2.75) is 31.8 Å². The molecule has 0 radical (unpaired) electrons. The molecule has 38 heavy (non-hydrogen) atoms. The van der Waals surface area contributed by atoms with Crippen molar-refractivity contribution in [3.8, 4) is 0 Å². The Morgan fingerprint density at radius 2 is 1.84 bits per heavy atom. The van der Waals surface area contributed by atoms with Gasteiger partial charge in [0.05, 0.1) is 43.6 Å². The molecule has 2 fully saturated rings. The summed E-state index contributed by atoms with van der Waals surface area (Å²) in [4.78, 5) is 38.9. The maximum Gasteiger partial charge on any atom is 0.328 e. The van der Waals surface area contributed by atoms with Crippen molar-refractivity contribution in [1.82, 2.24) is 14.9 Å². The number of rotatable bonds is 6. The molecule has 2 saturated heterocycles. The van der Waals surface area contributed by atoms with Gasteiger partial charge < -0.3 is 24.6 Å². The topological polar surface area (TPSA) is 96.9 Å². The third-order valence-corrected chi connectivity index (χ3v) is 6.95. The van der Waals surface area contributed by atoms with Gasteiger partial charge in [0.1, 0.15) is 23.5 Å². The highest BCUT2D eigenvalue weighted by Gasteiger charge is 2.35. The minimum absolute atomic E-state index is 0.252. The van der Waals surface area contributed by atoms with Gasteiger partial charge in [0.2, 0.25) is 0 Å². The number of halogens is 2. The molecule has 200 valence electrons. The summed E-state index contributed by atoms with van der Waals surface area (Å²) in [7, 11) is 1.31. The number of amides is 1. The Morgan fingerprint density at radius 1 is 1.11 bits per heavy atom. The second-order valence-corrected chi connectivity index (χ2v) is 9.46. The molecule has 0 saturated carbocycles. The van der Waals surface area contributed by atoms with Crippen LogP contribution in [0.3, 0.4) is 0 Å². The van der Waals surface area contributed by atoms with Crippen LogP contribution in [-0.2, 0) is 14.3 Å². The molecule has 0 bridgehead atoms. The number of fused-ring (bicyclic) bond motifs is 1. The summed E-state index contributed by atoms with van der Waals surface area (Å²) in [6.45, 7) is 4.77. The Kier molecular flexibility index (Phi) is 7.37. The quantitative estimate of drug-likeness (QED) is 0.487. The first-order chi connectivity index (χ1) is 18.3. The van der Waals surface area contributed by atoms with Crippen LogP contribution in [0.4, 0.5) is 20.3 Å². The van der Waals surface area contributed by atoms with Gasteiger partial charge in [0, 0.05) is 42.5 Å². The highest BCUT2D eigenvalue weighted by molar-refractivity contribution is 6.00. The van der Waals surface area contributed by atoms with E-state index in [0.29, 0.717) is 73.7 Å². The first-order valence-electron chi connectivity index (χ1n) is 12.6. The van der Waals surface area contributed by atoms with Gasteiger partial charge in [-0.3, -0.25) is 9.78 Å². The van der Waals surface area contributed by atoms with E-state index in [9.17, 15) is 18.4 Å². The maximum atomic E-state index is 13.9. The summed E-state index contributed by atoms with van der Waals surface area (Å²) >= 11 is 0. The molecule has 11 heteroatoms. The van der Waals surface area contributed by atoms with Gasteiger partial charge in [-0.15, -0.1) is 0 Å². The lowest BCUT2D eigenvalue weighted by Crippen LogP contribution is -2.41. The Labute approximate surface area is 218 Å². The predicted molar refractivity (Wildman–Crippen MR) is 137 cm³/mol. The van der Waals surface area contributed by atoms with Crippen LogP contribution in [-0.4, -0.2) is 72.7 Å². The van der Waals surface area contributed by atoms with Crippen LogP contribution in [0.1, 0.15) is 41.7 Å². The zero-order valence-corrected chi connectivity index (χ0v) is 21.2. The number of carbonyl (C=O) groups is 2. The number of esters is 1. The molecule has 0 aliphatic carbocycles. The number of likely N-dealkylation sites (tertiary alicyclic amines) is 1. The van der Waals surface area contributed by atoms with Crippen molar-refractivity contribution in [2.75, 3.05) is 50.2 Å². The number of anilines is 2. The van der Waals surface area contributed by atoms with E-state index in [2.05, 4.69) is 15.2 Å². The molecule has 3 heterocycles. The average molecular weight is 526 g/mol. The van der Waals surface area contributed by atoms with Crippen molar-refractivity contribution in [2.24, 2.45) is 0 Å². The van der Waals surface area contributed by atoms with E-state index in [0.717, 1.165) is 6.07 Å². The Bertz CT molecular complexity index is 1340. The SMILES string of the molecule is COC(=O)[C@H]1CCCN1C(=O)c1cc(C(C)Nc2cc(F)cc(F)c2)c2nc(N3CCOCC3)cnc2c1. The average Bonchev–Trinajstić information content (AvgIpc) is 3.41. The fourth-order valence-electron chi connectivity index (χ4n) is 5.05. The Balaban J connectivity index is 1.56. The summed E-state index contributed by atoms with van der Waals surface area (Å²) in [5, 5.41) is 3.12. The molecule has 1 N–H and O–H groups in total. The fourth-order valence-corrected chi connectivity index (χ4v) is 5.05. The molecule has 2 atom stereocenters. The smallest absolute Gasteiger partial charge is 0.328 e. The number of ether oxygens (including phenoxy) is 2. The van der Waals surface area contributed by atoms with E-state index in [-0.39, 0.29) is 11.6 Å². The van der Waals surface area contributed by atoms with Crippen LogP contribution in [0.25, 0.3) is 11.0 Å². The maximum absolute atomic E-state index is 13.9. The number of hydrogen-bond acceptors (Lipinski definition) is 8. The van der Waals surface area contributed by atoms with Gasteiger partial charge in [-0.2, -0.15) is 0 Å². The number of benzene rings is 2. The minimum Gasteiger partial charge on any atom is -0.467 e. The van der Waals surface area contributed by atoms with Gasteiger partial charge >= 0.3 is 5.97 Å². The zero-order valence-electron chi connectivity index (χ0n) is 21.2. The summed E-state index contributed by atoms with van der Waals surface area (Å²) in [6.07, 6.45) is 2.89. The number of methoxy groups -OCH3 is 1.